The van der Waals surface area contributed by atoms with E-state index < -0.39 is 15.9 Å². The van der Waals surface area contributed by atoms with E-state index in [0.29, 0.717) is 22.7 Å². The monoisotopic (exact) mass is 385 g/mol. The highest BCUT2D eigenvalue weighted by Gasteiger charge is 2.19. The van der Waals surface area contributed by atoms with Crippen molar-refractivity contribution in [2.24, 2.45) is 0 Å². The van der Waals surface area contributed by atoms with Crippen LogP contribution >= 0.6 is 0 Å². The molecule has 140 valence electrons. The predicted molar refractivity (Wildman–Crippen MR) is 102 cm³/mol. The number of carbonyl (C=O) groups excluding carboxylic acids is 1. The SMILES string of the molecule is Cc1cccc(NS(=O)(=O)c2cc(NC(=O)c3cc(C)on3)ccc2C)c1. The molecule has 2 N–H and O–H groups in total. The Bertz CT molecular complexity index is 1100. The highest BCUT2D eigenvalue weighted by molar-refractivity contribution is 7.92. The molecule has 2 aromatic carbocycles. The van der Waals surface area contributed by atoms with Gasteiger partial charge in [0.05, 0.1) is 4.90 Å². The van der Waals surface area contributed by atoms with Gasteiger partial charge in [0.25, 0.3) is 15.9 Å². The third-order valence-corrected chi connectivity index (χ3v) is 5.39. The highest BCUT2D eigenvalue weighted by Crippen LogP contribution is 2.23. The topological polar surface area (TPSA) is 101 Å². The summed E-state index contributed by atoms with van der Waals surface area (Å²) < 4.78 is 33.0. The summed E-state index contributed by atoms with van der Waals surface area (Å²) in [7, 11) is -3.82. The molecule has 8 heteroatoms. The largest absolute Gasteiger partial charge is 0.361 e. The molecular formula is C19H19N3O4S. The fourth-order valence-electron chi connectivity index (χ4n) is 2.55. The number of amides is 1. The average molecular weight is 385 g/mol. The van der Waals surface area contributed by atoms with Gasteiger partial charge in [0, 0.05) is 17.4 Å². The van der Waals surface area contributed by atoms with Crippen LogP contribution in [0.25, 0.3) is 0 Å². The van der Waals surface area contributed by atoms with E-state index in [0.717, 1.165) is 5.56 Å². The van der Waals surface area contributed by atoms with Crippen molar-refractivity contribution in [1.82, 2.24) is 5.16 Å². The van der Waals surface area contributed by atoms with Crippen LogP contribution in [0.2, 0.25) is 0 Å². The maximum absolute atomic E-state index is 12.8. The average Bonchev–Trinajstić information content (AvgIpc) is 3.02. The molecule has 1 aromatic heterocycles. The van der Waals surface area contributed by atoms with E-state index >= 15 is 0 Å². The first-order valence-electron chi connectivity index (χ1n) is 8.19. The van der Waals surface area contributed by atoms with Gasteiger partial charge in [-0.15, -0.1) is 0 Å². The molecule has 0 radical (unpaired) electrons. The van der Waals surface area contributed by atoms with Gasteiger partial charge in [0.2, 0.25) is 0 Å². The first-order valence-corrected chi connectivity index (χ1v) is 9.68. The molecule has 0 saturated carbocycles. The fourth-order valence-corrected chi connectivity index (χ4v) is 3.88. The van der Waals surface area contributed by atoms with Gasteiger partial charge in [0.15, 0.2) is 5.69 Å². The van der Waals surface area contributed by atoms with Gasteiger partial charge < -0.3 is 9.84 Å². The Morgan fingerprint density at radius 1 is 1.00 bits per heavy atom. The summed E-state index contributed by atoms with van der Waals surface area (Å²) in [6.45, 7) is 5.25. The number of nitrogens with zero attached hydrogens (tertiary/aromatic N) is 1. The van der Waals surface area contributed by atoms with Crippen molar-refractivity contribution in [1.29, 1.82) is 0 Å². The highest BCUT2D eigenvalue weighted by atomic mass is 32.2. The molecule has 27 heavy (non-hydrogen) atoms. The van der Waals surface area contributed by atoms with E-state index in [1.165, 1.54) is 12.1 Å². The van der Waals surface area contributed by atoms with Crippen LogP contribution in [-0.2, 0) is 10.0 Å². The van der Waals surface area contributed by atoms with Crippen LogP contribution in [0.3, 0.4) is 0 Å². The van der Waals surface area contributed by atoms with Crippen LogP contribution in [0.5, 0.6) is 0 Å². The number of benzene rings is 2. The molecule has 3 rings (SSSR count). The van der Waals surface area contributed by atoms with Gasteiger partial charge >= 0.3 is 0 Å². The summed E-state index contributed by atoms with van der Waals surface area (Å²) >= 11 is 0. The van der Waals surface area contributed by atoms with Crippen molar-refractivity contribution in [3.05, 3.63) is 71.1 Å². The van der Waals surface area contributed by atoms with Gasteiger partial charge in [-0.05, 0) is 56.2 Å². The lowest BCUT2D eigenvalue weighted by Crippen LogP contribution is -2.16. The van der Waals surface area contributed by atoms with E-state index in [-0.39, 0.29) is 10.6 Å². The lowest BCUT2D eigenvalue weighted by molar-refractivity contribution is 0.101. The Morgan fingerprint density at radius 2 is 1.78 bits per heavy atom. The molecule has 0 aliphatic rings. The van der Waals surface area contributed by atoms with Crippen LogP contribution < -0.4 is 10.0 Å². The number of rotatable bonds is 5. The lowest BCUT2D eigenvalue weighted by atomic mass is 10.2. The van der Waals surface area contributed by atoms with Crippen molar-refractivity contribution in [3.63, 3.8) is 0 Å². The van der Waals surface area contributed by atoms with Crippen LogP contribution in [0.4, 0.5) is 11.4 Å². The van der Waals surface area contributed by atoms with Crippen molar-refractivity contribution >= 4 is 27.3 Å². The van der Waals surface area contributed by atoms with E-state index in [2.05, 4.69) is 15.2 Å². The molecule has 0 unspecified atom stereocenters. The molecule has 3 aromatic rings. The Morgan fingerprint density at radius 3 is 2.44 bits per heavy atom. The van der Waals surface area contributed by atoms with Crippen LogP contribution in [-0.4, -0.2) is 19.5 Å². The Kier molecular flexibility index (Phi) is 5.00. The van der Waals surface area contributed by atoms with Gasteiger partial charge in [0.1, 0.15) is 5.76 Å². The minimum Gasteiger partial charge on any atom is -0.361 e. The number of aryl methyl sites for hydroxylation is 3. The summed E-state index contributed by atoms with van der Waals surface area (Å²) in [4.78, 5) is 12.3. The zero-order valence-corrected chi connectivity index (χ0v) is 15.9. The third kappa shape index (κ3) is 4.35. The second-order valence-electron chi connectivity index (χ2n) is 6.23. The summed E-state index contributed by atoms with van der Waals surface area (Å²) in [5.41, 5.74) is 2.44. The van der Waals surface area contributed by atoms with Crippen molar-refractivity contribution in [2.45, 2.75) is 25.7 Å². The quantitative estimate of drug-likeness (QED) is 0.698. The maximum Gasteiger partial charge on any atom is 0.277 e. The van der Waals surface area contributed by atoms with E-state index in [1.807, 2.05) is 13.0 Å². The standard InChI is InChI=1S/C19H19N3O4S/c1-12-5-4-6-16(9-12)22-27(24,25)18-11-15(8-7-13(18)2)20-19(23)17-10-14(3)26-21-17/h4-11,22H,1-3H3,(H,20,23). The molecule has 0 atom stereocenters. The second kappa shape index (κ2) is 7.24. The van der Waals surface area contributed by atoms with E-state index in [1.54, 1.807) is 44.2 Å². The maximum atomic E-state index is 12.8. The summed E-state index contributed by atoms with van der Waals surface area (Å²) in [5, 5.41) is 6.28. The third-order valence-electron chi connectivity index (χ3n) is 3.87. The number of aromatic nitrogens is 1. The van der Waals surface area contributed by atoms with Crippen molar-refractivity contribution < 1.29 is 17.7 Å². The van der Waals surface area contributed by atoms with Gasteiger partial charge in [-0.1, -0.05) is 23.4 Å². The number of hydrogen-bond acceptors (Lipinski definition) is 5. The van der Waals surface area contributed by atoms with Gasteiger partial charge in [-0.2, -0.15) is 0 Å². The molecule has 1 heterocycles. The summed E-state index contributed by atoms with van der Waals surface area (Å²) in [5.74, 6) is 0.0281. The second-order valence-corrected chi connectivity index (χ2v) is 7.88. The molecule has 0 aliphatic carbocycles. The normalized spacial score (nSPS) is 11.2. The number of carbonyl (C=O) groups is 1. The molecule has 0 aliphatic heterocycles. The first-order chi connectivity index (χ1) is 12.7. The molecule has 0 saturated heterocycles. The molecule has 0 bridgehead atoms. The minimum atomic E-state index is -3.82. The minimum absolute atomic E-state index is 0.0816. The fraction of sp³-hybridized carbons (Fsp3) is 0.158. The molecule has 1 amide bonds. The molecule has 0 fully saturated rings. The van der Waals surface area contributed by atoms with E-state index in [4.69, 9.17) is 4.52 Å². The summed E-state index contributed by atoms with van der Waals surface area (Å²) in [6, 6.07) is 13.3. The smallest absolute Gasteiger partial charge is 0.277 e. The van der Waals surface area contributed by atoms with Gasteiger partial charge in [-0.3, -0.25) is 9.52 Å². The lowest BCUT2D eigenvalue weighted by Gasteiger charge is -2.12. The van der Waals surface area contributed by atoms with Crippen LogP contribution in [0.15, 0.2) is 57.9 Å². The number of sulfonamides is 1. The van der Waals surface area contributed by atoms with Crippen LogP contribution in [0, 0.1) is 20.8 Å². The Labute approximate surface area is 157 Å². The molecule has 0 spiro atoms. The zero-order valence-electron chi connectivity index (χ0n) is 15.1. The number of nitrogens with one attached hydrogen (secondary N) is 2. The van der Waals surface area contributed by atoms with Crippen LogP contribution in [0.1, 0.15) is 27.4 Å². The molecular weight excluding hydrogens is 366 g/mol. The van der Waals surface area contributed by atoms with Crippen molar-refractivity contribution in [3.8, 4) is 0 Å². The van der Waals surface area contributed by atoms with Crippen molar-refractivity contribution in [2.75, 3.05) is 10.0 Å². The number of hydrogen-bond donors (Lipinski definition) is 2. The number of anilines is 2. The summed E-state index contributed by atoms with van der Waals surface area (Å²) in [6.07, 6.45) is 0. The van der Waals surface area contributed by atoms with Gasteiger partial charge in [-0.25, -0.2) is 8.42 Å². The zero-order chi connectivity index (χ0) is 19.6. The first kappa shape index (κ1) is 18.7. The predicted octanol–water partition coefficient (Wildman–Crippen LogP) is 3.65. The molecule has 7 nitrogen and oxygen atoms in total. The van der Waals surface area contributed by atoms with E-state index in [9.17, 15) is 13.2 Å². The Hall–Kier alpha value is -3.13. The Balaban J connectivity index is 1.87.